The van der Waals surface area contributed by atoms with E-state index in [1.165, 1.54) is 0 Å². The van der Waals surface area contributed by atoms with Crippen LogP contribution < -0.4 is 0 Å². The van der Waals surface area contributed by atoms with Crippen molar-refractivity contribution >= 4 is 16.9 Å². The molecule has 0 fully saturated rings. The van der Waals surface area contributed by atoms with E-state index in [1.807, 2.05) is 31.2 Å². The van der Waals surface area contributed by atoms with Crippen molar-refractivity contribution in [2.45, 2.75) is 6.92 Å². The highest BCUT2D eigenvalue weighted by molar-refractivity contribution is 8.15. The van der Waals surface area contributed by atoms with E-state index in [0.29, 0.717) is 0 Å². The molecule has 0 aliphatic rings. The number of hydrogen-bond acceptors (Lipinski definition) is 2. The third-order valence-corrected chi connectivity index (χ3v) is 1.92. The molecule has 1 radical (unpaired) electrons. The van der Waals surface area contributed by atoms with Gasteiger partial charge in [-0.25, -0.2) is 0 Å². The minimum Gasteiger partial charge on any atom is -0.282 e. The maximum Gasteiger partial charge on any atom is 0.219 e. The van der Waals surface area contributed by atoms with Crippen molar-refractivity contribution in [3.8, 4) is 0 Å². The Hall–Kier alpha value is -0.760. The van der Waals surface area contributed by atoms with Crippen LogP contribution in [0.4, 0.5) is 0 Å². The Morgan fingerprint density at radius 3 is 2.36 bits per heavy atom. The lowest BCUT2D eigenvalue weighted by Gasteiger charge is -1.96. The molecule has 11 heavy (non-hydrogen) atoms. The molecule has 0 heterocycles. The summed E-state index contributed by atoms with van der Waals surface area (Å²) in [6.45, 7) is 1.99. The zero-order valence-corrected chi connectivity index (χ0v) is 7.15. The molecule has 0 saturated heterocycles. The smallest absolute Gasteiger partial charge is 0.219 e. The van der Waals surface area contributed by atoms with Crippen LogP contribution in [0.15, 0.2) is 24.3 Å². The molecule has 0 spiro atoms. The van der Waals surface area contributed by atoms with E-state index in [0.717, 1.165) is 22.9 Å². The van der Waals surface area contributed by atoms with Crippen LogP contribution in [0.2, 0.25) is 0 Å². The molecule has 1 rings (SSSR count). The summed E-state index contributed by atoms with van der Waals surface area (Å²) in [5, 5.41) is 0.0185. The second-order valence-electron chi connectivity index (χ2n) is 2.30. The summed E-state index contributed by atoms with van der Waals surface area (Å²) in [6.07, 6.45) is 3.45. The van der Waals surface area contributed by atoms with Gasteiger partial charge in [0.2, 0.25) is 5.12 Å². The highest BCUT2D eigenvalue weighted by Gasteiger charge is 2.00. The average Bonchev–Trinajstić information content (AvgIpc) is 2.05. The normalized spacial score (nSPS) is 9.64. The highest BCUT2D eigenvalue weighted by Crippen LogP contribution is 2.10. The lowest BCUT2D eigenvalue weighted by atomic mass is 10.2. The van der Waals surface area contributed by atoms with E-state index in [9.17, 15) is 4.79 Å². The van der Waals surface area contributed by atoms with Gasteiger partial charge in [-0.1, -0.05) is 41.6 Å². The van der Waals surface area contributed by atoms with Gasteiger partial charge in [-0.3, -0.25) is 4.79 Å². The van der Waals surface area contributed by atoms with Gasteiger partial charge < -0.3 is 0 Å². The van der Waals surface area contributed by atoms with E-state index < -0.39 is 0 Å². The van der Waals surface area contributed by atoms with Crippen molar-refractivity contribution in [2.24, 2.45) is 0 Å². The first-order chi connectivity index (χ1) is 5.24. The van der Waals surface area contributed by atoms with Crippen LogP contribution in [0.25, 0.3) is 0 Å². The molecule has 57 valence electrons. The summed E-state index contributed by atoms with van der Waals surface area (Å²) in [5.41, 5.74) is 1.88. The van der Waals surface area contributed by atoms with Crippen LogP contribution in [-0.4, -0.2) is 5.12 Å². The summed E-state index contributed by atoms with van der Waals surface area (Å²) in [7, 11) is 0. The summed E-state index contributed by atoms with van der Waals surface area (Å²) in [4.78, 5) is 11.0. The Labute approximate surface area is 70.8 Å². The maximum absolute atomic E-state index is 11.0. The van der Waals surface area contributed by atoms with Crippen molar-refractivity contribution < 1.29 is 4.79 Å². The summed E-state index contributed by atoms with van der Waals surface area (Å²) in [6, 6.07) is 7.47. The first-order valence-electron chi connectivity index (χ1n) is 3.27. The molecule has 0 N–H and O–H groups in total. The SMILES string of the molecule is [CH2]SC(=O)c1ccc(C)cc1. The number of aryl methyl sites for hydroxylation is 1. The zero-order chi connectivity index (χ0) is 8.27. The van der Waals surface area contributed by atoms with Gasteiger partial charge in [0.15, 0.2) is 0 Å². The van der Waals surface area contributed by atoms with Gasteiger partial charge >= 0.3 is 0 Å². The largest absolute Gasteiger partial charge is 0.282 e. The second-order valence-corrected chi connectivity index (χ2v) is 2.96. The molecular weight excluding hydrogens is 156 g/mol. The average molecular weight is 165 g/mol. The lowest BCUT2D eigenvalue weighted by molar-refractivity contribution is 0.108. The Balaban J connectivity index is 2.90. The summed E-state index contributed by atoms with van der Waals surface area (Å²) < 4.78 is 0. The van der Waals surface area contributed by atoms with Crippen molar-refractivity contribution in [1.29, 1.82) is 0 Å². The van der Waals surface area contributed by atoms with E-state index >= 15 is 0 Å². The number of benzene rings is 1. The van der Waals surface area contributed by atoms with E-state index in [-0.39, 0.29) is 5.12 Å². The fraction of sp³-hybridized carbons (Fsp3) is 0.111. The van der Waals surface area contributed by atoms with Crippen LogP contribution in [0.5, 0.6) is 0 Å². The third kappa shape index (κ3) is 2.09. The second kappa shape index (κ2) is 3.58. The first-order valence-corrected chi connectivity index (χ1v) is 4.25. The molecule has 1 aromatic rings. The minimum atomic E-state index is 0.0185. The van der Waals surface area contributed by atoms with Crippen LogP contribution in [0.1, 0.15) is 15.9 Å². The van der Waals surface area contributed by atoms with Crippen LogP contribution in [0, 0.1) is 13.2 Å². The van der Waals surface area contributed by atoms with Gasteiger partial charge in [0.25, 0.3) is 0 Å². The number of thioether (sulfide) groups is 1. The summed E-state index contributed by atoms with van der Waals surface area (Å²) >= 11 is 0.995. The summed E-state index contributed by atoms with van der Waals surface area (Å²) in [5.74, 6) is 0. The first kappa shape index (κ1) is 8.34. The molecule has 0 saturated carbocycles. The van der Waals surface area contributed by atoms with E-state index in [2.05, 4.69) is 6.26 Å². The Morgan fingerprint density at radius 2 is 1.91 bits per heavy atom. The topological polar surface area (TPSA) is 17.1 Å². The van der Waals surface area contributed by atoms with Gasteiger partial charge in [0.1, 0.15) is 0 Å². The number of rotatable bonds is 1. The molecule has 1 aromatic carbocycles. The molecule has 0 aromatic heterocycles. The third-order valence-electron chi connectivity index (χ3n) is 1.42. The Morgan fingerprint density at radius 1 is 1.36 bits per heavy atom. The van der Waals surface area contributed by atoms with Crippen molar-refractivity contribution in [1.82, 2.24) is 0 Å². The fourth-order valence-electron chi connectivity index (χ4n) is 0.773. The Kier molecular flexibility index (Phi) is 2.71. The molecule has 0 amide bonds. The van der Waals surface area contributed by atoms with Crippen molar-refractivity contribution in [2.75, 3.05) is 0 Å². The van der Waals surface area contributed by atoms with Gasteiger partial charge in [-0.15, -0.1) is 0 Å². The Bertz CT molecular complexity index is 251. The molecule has 0 aliphatic heterocycles. The zero-order valence-electron chi connectivity index (χ0n) is 6.33. The molecule has 0 bridgehead atoms. The van der Waals surface area contributed by atoms with Crippen LogP contribution >= 0.6 is 11.8 Å². The predicted octanol–water partition coefficient (Wildman–Crippen LogP) is 2.66. The lowest BCUT2D eigenvalue weighted by Crippen LogP contribution is -1.90. The molecular formula is C9H9OS. The predicted molar refractivity (Wildman–Crippen MR) is 48.5 cm³/mol. The number of carbonyl (C=O) groups excluding carboxylic acids is 1. The van der Waals surface area contributed by atoms with Crippen LogP contribution in [-0.2, 0) is 0 Å². The van der Waals surface area contributed by atoms with Gasteiger partial charge in [-0.05, 0) is 6.92 Å². The molecule has 0 aliphatic carbocycles. The van der Waals surface area contributed by atoms with Gasteiger partial charge in [0.05, 0.1) is 0 Å². The van der Waals surface area contributed by atoms with Crippen LogP contribution in [0.3, 0.4) is 0 Å². The van der Waals surface area contributed by atoms with E-state index in [1.54, 1.807) is 0 Å². The number of carbonyl (C=O) groups is 1. The van der Waals surface area contributed by atoms with Crippen molar-refractivity contribution in [3.05, 3.63) is 41.6 Å². The molecule has 0 unspecified atom stereocenters. The molecule has 1 nitrogen and oxygen atoms in total. The fourth-order valence-corrected chi connectivity index (χ4v) is 1.08. The minimum absolute atomic E-state index is 0.0185. The molecule has 2 heteroatoms. The van der Waals surface area contributed by atoms with E-state index in [4.69, 9.17) is 0 Å². The van der Waals surface area contributed by atoms with Gasteiger partial charge in [0, 0.05) is 11.8 Å². The van der Waals surface area contributed by atoms with Crippen molar-refractivity contribution in [3.63, 3.8) is 0 Å². The quantitative estimate of drug-likeness (QED) is 0.636. The van der Waals surface area contributed by atoms with Gasteiger partial charge in [-0.2, -0.15) is 0 Å². The maximum atomic E-state index is 11.0. The molecule has 0 atom stereocenters. The standard InChI is InChI=1S/C9H9OS/c1-7-3-5-8(6-4-7)9(10)11-2/h3-6H,2H2,1H3. The highest BCUT2D eigenvalue weighted by atomic mass is 32.2. The monoisotopic (exact) mass is 165 g/mol. The number of hydrogen-bond donors (Lipinski definition) is 0.